The minimum Gasteiger partial charge on any atom is -0.488 e. The molecular weight excluding hydrogens is 428 g/mol. The van der Waals surface area contributed by atoms with E-state index in [9.17, 15) is 14.9 Å². The zero-order valence-corrected chi connectivity index (χ0v) is 18.1. The van der Waals surface area contributed by atoms with Crippen molar-refractivity contribution in [2.45, 2.75) is 6.61 Å². The summed E-state index contributed by atoms with van der Waals surface area (Å²) >= 11 is 0. The molecule has 2 N–H and O–H groups in total. The highest BCUT2D eigenvalue weighted by Gasteiger charge is 2.14. The number of carbonyl (C=O) groups is 2. The van der Waals surface area contributed by atoms with Crippen LogP contribution in [0, 0.1) is 11.3 Å². The summed E-state index contributed by atoms with van der Waals surface area (Å²) in [7, 11) is 0. The third-order valence-corrected chi connectivity index (χ3v) is 5.21. The fraction of sp³-hybridized carbons (Fsp3) is 0.0357. The third kappa shape index (κ3) is 5.12. The second-order valence-electron chi connectivity index (χ2n) is 7.48. The summed E-state index contributed by atoms with van der Waals surface area (Å²) < 4.78 is 6.07. The van der Waals surface area contributed by atoms with Crippen molar-refractivity contribution in [3.05, 3.63) is 113 Å². The van der Waals surface area contributed by atoms with Crippen LogP contribution < -0.4 is 10.1 Å². The summed E-state index contributed by atoms with van der Waals surface area (Å²) in [6.45, 7) is 0.337. The monoisotopic (exact) mass is 448 g/mol. The first kappa shape index (κ1) is 22.3. The molecule has 0 aromatic heterocycles. The van der Waals surface area contributed by atoms with Gasteiger partial charge in [-0.05, 0) is 52.7 Å². The molecule has 0 bridgehead atoms. The molecule has 166 valence electrons. The minimum absolute atomic E-state index is 0.102. The second kappa shape index (κ2) is 10.2. The molecule has 0 heterocycles. The molecule has 4 rings (SSSR count). The Morgan fingerprint density at radius 2 is 1.62 bits per heavy atom. The van der Waals surface area contributed by atoms with Crippen LogP contribution in [0.25, 0.3) is 16.8 Å². The number of rotatable bonds is 7. The molecule has 4 aromatic rings. The molecular formula is C28H20N2O4. The maximum absolute atomic E-state index is 12.8. The van der Waals surface area contributed by atoms with Gasteiger partial charge in [0.05, 0.1) is 5.56 Å². The largest absolute Gasteiger partial charge is 0.488 e. The highest BCUT2D eigenvalue weighted by atomic mass is 16.5. The Hall–Kier alpha value is -4.89. The van der Waals surface area contributed by atoms with Crippen molar-refractivity contribution in [3.8, 4) is 11.8 Å². The van der Waals surface area contributed by atoms with E-state index in [0.717, 1.165) is 16.3 Å². The molecule has 6 heteroatoms. The SMILES string of the molecule is N#C/C(=C\c1c(OCc2ccccc2)ccc2ccccc12)C(=O)Nc1ccc(C(=O)O)cc1. The molecule has 0 saturated carbocycles. The Kier molecular flexibility index (Phi) is 6.66. The Morgan fingerprint density at radius 3 is 2.32 bits per heavy atom. The first-order chi connectivity index (χ1) is 16.5. The van der Waals surface area contributed by atoms with Gasteiger partial charge in [0, 0.05) is 11.3 Å². The predicted octanol–water partition coefficient (Wildman–Crippen LogP) is 5.66. The number of carboxylic acids is 1. The molecule has 0 fully saturated rings. The number of anilines is 1. The maximum Gasteiger partial charge on any atom is 0.335 e. The average molecular weight is 448 g/mol. The molecule has 0 aliphatic rings. The summed E-state index contributed by atoms with van der Waals surface area (Å²) in [6.07, 6.45) is 1.52. The predicted molar refractivity (Wildman–Crippen MR) is 130 cm³/mol. The van der Waals surface area contributed by atoms with E-state index >= 15 is 0 Å². The molecule has 6 nitrogen and oxygen atoms in total. The van der Waals surface area contributed by atoms with Gasteiger partial charge >= 0.3 is 5.97 Å². The molecule has 4 aromatic carbocycles. The van der Waals surface area contributed by atoms with Crippen LogP contribution in [-0.2, 0) is 11.4 Å². The normalized spacial score (nSPS) is 11.0. The van der Waals surface area contributed by atoms with Gasteiger partial charge in [-0.3, -0.25) is 4.79 Å². The lowest BCUT2D eigenvalue weighted by molar-refractivity contribution is -0.112. The Bertz CT molecular complexity index is 1420. The molecule has 0 atom stereocenters. The van der Waals surface area contributed by atoms with Gasteiger partial charge in [-0.25, -0.2) is 4.79 Å². The summed E-state index contributed by atoms with van der Waals surface area (Å²) in [6, 6.07) is 28.8. The molecule has 0 aliphatic carbocycles. The molecule has 34 heavy (non-hydrogen) atoms. The molecule has 0 unspecified atom stereocenters. The number of amides is 1. The number of nitrogens with one attached hydrogen (secondary N) is 1. The van der Waals surface area contributed by atoms with Gasteiger partial charge in [0.15, 0.2) is 0 Å². The fourth-order valence-electron chi connectivity index (χ4n) is 3.47. The molecule has 0 saturated heterocycles. The van der Waals surface area contributed by atoms with Gasteiger partial charge in [0.25, 0.3) is 5.91 Å². The van der Waals surface area contributed by atoms with Gasteiger partial charge in [-0.1, -0.05) is 60.7 Å². The Labute approximate surface area is 196 Å². The smallest absolute Gasteiger partial charge is 0.335 e. The molecule has 0 spiro atoms. The van der Waals surface area contributed by atoms with Crippen molar-refractivity contribution in [1.29, 1.82) is 5.26 Å². The summed E-state index contributed by atoms with van der Waals surface area (Å²) in [5.74, 6) is -1.11. The zero-order valence-electron chi connectivity index (χ0n) is 18.1. The Balaban J connectivity index is 1.66. The molecule has 0 radical (unpaired) electrons. The zero-order chi connectivity index (χ0) is 23.9. The lowest BCUT2D eigenvalue weighted by Gasteiger charge is -2.13. The number of aromatic carboxylic acids is 1. The summed E-state index contributed by atoms with van der Waals surface area (Å²) in [4.78, 5) is 23.9. The number of ether oxygens (including phenoxy) is 1. The molecule has 1 amide bonds. The van der Waals surface area contributed by atoms with Crippen molar-refractivity contribution in [2.24, 2.45) is 0 Å². The van der Waals surface area contributed by atoms with Crippen molar-refractivity contribution in [2.75, 3.05) is 5.32 Å². The van der Waals surface area contributed by atoms with Crippen LogP contribution in [0.5, 0.6) is 5.75 Å². The van der Waals surface area contributed by atoms with E-state index in [1.54, 1.807) is 0 Å². The lowest BCUT2D eigenvalue weighted by atomic mass is 10.0. The number of nitriles is 1. The van der Waals surface area contributed by atoms with Gasteiger partial charge in [0.1, 0.15) is 24.0 Å². The third-order valence-electron chi connectivity index (χ3n) is 5.21. The van der Waals surface area contributed by atoms with Crippen LogP contribution in [-0.4, -0.2) is 17.0 Å². The van der Waals surface area contributed by atoms with Crippen LogP contribution in [0.15, 0.2) is 96.6 Å². The van der Waals surface area contributed by atoms with Crippen LogP contribution >= 0.6 is 0 Å². The van der Waals surface area contributed by atoms with Crippen LogP contribution in [0.2, 0.25) is 0 Å². The van der Waals surface area contributed by atoms with E-state index in [4.69, 9.17) is 9.84 Å². The van der Waals surface area contributed by atoms with E-state index in [1.807, 2.05) is 72.8 Å². The average Bonchev–Trinajstić information content (AvgIpc) is 2.87. The Morgan fingerprint density at radius 1 is 0.912 bits per heavy atom. The fourth-order valence-corrected chi connectivity index (χ4v) is 3.47. The number of fused-ring (bicyclic) bond motifs is 1. The first-order valence-electron chi connectivity index (χ1n) is 10.5. The summed E-state index contributed by atoms with van der Waals surface area (Å²) in [5.41, 5.74) is 2.00. The van der Waals surface area contributed by atoms with Crippen molar-refractivity contribution in [3.63, 3.8) is 0 Å². The van der Waals surface area contributed by atoms with Crippen molar-refractivity contribution in [1.82, 2.24) is 0 Å². The van der Waals surface area contributed by atoms with Crippen LogP contribution in [0.3, 0.4) is 0 Å². The second-order valence-corrected chi connectivity index (χ2v) is 7.48. The number of hydrogen-bond donors (Lipinski definition) is 2. The number of hydrogen-bond acceptors (Lipinski definition) is 4. The number of benzene rings is 4. The topological polar surface area (TPSA) is 99.4 Å². The maximum atomic E-state index is 12.8. The highest BCUT2D eigenvalue weighted by Crippen LogP contribution is 2.31. The quantitative estimate of drug-likeness (QED) is 0.281. The van der Waals surface area contributed by atoms with Crippen molar-refractivity contribution >= 4 is 34.4 Å². The number of nitrogens with zero attached hydrogens (tertiary/aromatic N) is 1. The van der Waals surface area contributed by atoms with Gasteiger partial charge in [-0.15, -0.1) is 0 Å². The van der Waals surface area contributed by atoms with E-state index < -0.39 is 11.9 Å². The van der Waals surface area contributed by atoms with Gasteiger partial charge in [0.2, 0.25) is 0 Å². The van der Waals surface area contributed by atoms with E-state index in [-0.39, 0.29) is 11.1 Å². The summed E-state index contributed by atoms with van der Waals surface area (Å²) in [5, 5.41) is 23.2. The van der Waals surface area contributed by atoms with E-state index in [2.05, 4.69) is 5.32 Å². The lowest BCUT2D eigenvalue weighted by Crippen LogP contribution is -2.13. The standard InChI is InChI=1S/C28H20N2O4/c29-17-22(27(31)30-23-13-10-21(11-14-23)28(32)33)16-25-24-9-5-4-8-20(24)12-15-26(25)34-18-19-6-2-1-3-7-19/h1-16H,18H2,(H,30,31)(H,32,33)/b22-16+. The number of carboxylic acid groups (broad SMARTS) is 1. The first-order valence-corrected chi connectivity index (χ1v) is 10.5. The van der Waals surface area contributed by atoms with Gasteiger partial charge in [-0.2, -0.15) is 5.26 Å². The minimum atomic E-state index is -1.06. The number of carbonyl (C=O) groups excluding carboxylic acids is 1. The van der Waals surface area contributed by atoms with Gasteiger partial charge < -0.3 is 15.2 Å². The highest BCUT2D eigenvalue weighted by molar-refractivity contribution is 6.11. The van der Waals surface area contributed by atoms with E-state index in [1.165, 1.54) is 30.3 Å². The van der Waals surface area contributed by atoms with Crippen LogP contribution in [0.1, 0.15) is 21.5 Å². The van der Waals surface area contributed by atoms with Crippen LogP contribution in [0.4, 0.5) is 5.69 Å². The molecule has 0 aliphatic heterocycles. The van der Waals surface area contributed by atoms with Crippen molar-refractivity contribution < 1.29 is 19.4 Å². The van der Waals surface area contributed by atoms with E-state index in [0.29, 0.717) is 23.6 Å².